The zero-order valence-electron chi connectivity index (χ0n) is 12.5. The minimum atomic E-state index is 0.00261. The van der Waals surface area contributed by atoms with Crippen LogP contribution in [0.15, 0.2) is 24.3 Å². The predicted molar refractivity (Wildman–Crippen MR) is 84.1 cm³/mol. The third-order valence-electron chi connectivity index (χ3n) is 4.05. The number of anilines is 1. The van der Waals surface area contributed by atoms with E-state index >= 15 is 0 Å². The molecule has 3 nitrogen and oxygen atoms in total. The van der Waals surface area contributed by atoms with E-state index in [1.54, 1.807) is 0 Å². The summed E-state index contributed by atoms with van der Waals surface area (Å²) in [6.45, 7) is 3.65. The topological polar surface area (TPSA) is 41.1 Å². The van der Waals surface area contributed by atoms with Crippen LogP contribution >= 0.6 is 0 Å². The molecular weight excluding hydrogens is 248 g/mol. The van der Waals surface area contributed by atoms with Crippen LogP contribution in [0.2, 0.25) is 0 Å². The van der Waals surface area contributed by atoms with Crippen LogP contribution in [0.1, 0.15) is 55.8 Å². The lowest BCUT2D eigenvalue weighted by Gasteiger charge is -2.15. The van der Waals surface area contributed by atoms with Gasteiger partial charge in [0.25, 0.3) is 5.91 Å². The van der Waals surface area contributed by atoms with Gasteiger partial charge in [-0.25, -0.2) is 0 Å². The molecule has 0 atom stereocenters. The van der Waals surface area contributed by atoms with Crippen molar-refractivity contribution in [3.05, 3.63) is 29.8 Å². The third-order valence-corrected chi connectivity index (χ3v) is 4.05. The largest absolute Gasteiger partial charge is 0.385 e. The second-order valence-corrected chi connectivity index (χ2v) is 5.68. The lowest BCUT2D eigenvalue weighted by Crippen LogP contribution is -2.22. The second-order valence-electron chi connectivity index (χ2n) is 5.68. The van der Waals surface area contributed by atoms with E-state index in [0.29, 0.717) is 6.54 Å². The van der Waals surface area contributed by atoms with Crippen LogP contribution in [0, 0.1) is 5.92 Å². The molecule has 0 heterocycles. The molecule has 0 saturated heterocycles. The van der Waals surface area contributed by atoms with Gasteiger partial charge in [0, 0.05) is 24.3 Å². The molecule has 0 radical (unpaired) electrons. The highest BCUT2D eigenvalue weighted by atomic mass is 16.1. The molecular formula is C17H26N2O. The van der Waals surface area contributed by atoms with Crippen molar-refractivity contribution in [1.29, 1.82) is 0 Å². The molecule has 1 saturated carbocycles. The molecule has 2 rings (SSSR count). The maximum Gasteiger partial charge on any atom is 0.251 e. The van der Waals surface area contributed by atoms with E-state index in [-0.39, 0.29) is 5.91 Å². The molecule has 0 unspecified atom stereocenters. The molecule has 2 N–H and O–H groups in total. The lowest BCUT2D eigenvalue weighted by atomic mass is 10.0. The highest BCUT2D eigenvalue weighted by molar-refractivity contribution is 5.94. The summed E-state index contributed by atoms with van der Waals surface area (Å²) in [5.74, 6) is 0.809. The van der Waals surface area contributed by atoms with Crippen molar-refractivity contribution in [2.24, 2.45) is 5.92 Å². The lowest BCUT2D eigenvalue weighted by molar-refractivity contribution is 0.0956. The van der Waals surface area contributed by atoms with Crippen LogP contribution in [-0.4, -0.2) is 19.0 Å². The molecule has 0 aromatic heterocycles. The van der Waals surface area contributed by atoms with E-state index in [1.807, 2.05) is 31.2 Å². The van der Waals surface area contributed by atoms with Gasteiger partial charge in [0.15, 0.2) is 0 Å². The van der Waals surface area contributed by atoms with Crippen molar-refractivity contribution in [2.75, 3.05) is 18.4 Å². The van der Waals surface area contributed by atoms with E-state index in [0.717, 1.165) is 23.7 Å². The second kappa shape index (κ2) is 7.93. The van der Waals surface area contributed by atoms with Crippen molar-refractivity contribution in [1.82, 2.24) is 5.32 Å². The van der Waals surface area contributed by atoms with Gasteiger partial charge in [0.2, 0.25) is 0 Å². The zero-order valence-corrected chi connectivity index (χ0v) is 12.5. The Bertz CT molecular complexity index is 406. The standard InChI is InChI=1S/C17H26N2O/c1-2-18-17(20)15-9-11-16(12-10-15)19-13-14-7-5-3-4-6-8-14/h9-12,14,19H,2-8,13H2,1H3,(H,18,20). The van der Waals surface area contributed by atoms with Crippen molar-refractivity contribution in [3.8, 4) is 0 Å². The number of amides is 1. The van der Waals surface area contributed by atoms with Gasteiger partial charge in [0.05, 0.1) is 0 Å². The van der Waals surface area contributed by atoms with E-state index in [2.05, 4.69) is 10.6 Å². The number of carbonyl (C=O) groups excluding carboxylic acids is 1. The van der Waals surface area contributed by atoms with Gasteiger partial charge in [0.1, 0.15) is 0 Å². The highest BCUT2D eigenvalue weighted by Gasteiger charge is 2.11. The zero-order chi connectivity index (χ0) is 14.2. The number of nitrogens with one attached hydrogen (secondary N) is 2. The molecule has 1 aromatic rings. The maximum absolute atomic E-state index is 11.7. The van der Waals surface area contributed by atoms with E-state index in [1.165, 1.54) is 38.5 Å². The molecule has 1 aromatic carbocycles. The monoisotopic (exact) mass is 274 g/mol. The highest BCUT2D eigenvalue weighted by Crippen LogP contribution is 2.23. The Morgan fingerprint density at radius 2 is 1.75 bits per heavy atom. The summed E-state index contributed by atoms with van der Waals surface area (Å²) >= 11 is 0. The van der Waals surface area contributed by atoms with Crippen LogP contribution in [0.4, 0.5) is 5.69 Å². The predicted octanol–water partition coefficient (Wildman–Crippen LogP) is 3.82. The van der Waals surface area contributed by atoms with Crippen LogP contribution < -0.4 is 10.6 Å². The fourth-order valence-corrected chi connectivity index (χ4v) is 2.83. The first-order valence-electron chi connectivity index (χ1n) is 7.91. The Kier molecular flexibility index (Phi) is 5.90. The summed E-state index contributed by atoms with van der Waals surface area (Å²) in [5, 5.41) is 6.32. The minimum absolute atomic E-state index is 0.00261. The summed E-state index contributed by atoms with van der Waals surface area (Å²) in [6, 6.07) is 7.78. The molecule has 1 fully saturated rings. The summed E-state index contributed by atoms with van der Waals surface area (Å²) in [4.78, 5) is 11.7. The summed E-state index contributed by atoms with van der Waals surface area (Å²) in [5.41, 5.74) is 1.84. The van der Waals surface area contributed by atoms with E-state index < -0.39 is 0 Å². The molecule has 1 amide bonds. The first kappa shape index (κ1) is 14.9. The first-order chi connectivity index (χ1) is 9.79. The fraction of sp³-hybridized carbons (Fsp3) is 0.588. The molecule has 0 bridgehead atoms. The number of benzene rings is 1. The molecule has 110 valence electrons. The number of hydrogen-bond acceptors (Lipinski definition) is 2. The van der Waals surface area contributed by atoms with Gasteiger partial charge >= 0.3 is 0 Å². The van der Waals surface area contributed by atoms with Gasteiger partial charge < -0.3 is 10.6 Å². The van der Waals surface area contributed by atoms with Gasteiger partial charge in [-0.2, -0.15) is 0 Å². The third kappa shape index (κ3) is 4.55. The van der Waals surface area contributed by atoms with Crippen LogP contribution in [-0.2, 0) is 0 Å². The minimum Gasteiger partial charge on any atom is -0.385 e. The summed E-state index contributed by atoms with van der Waals surface area (Å²) in [7, 11) is 0. The fourth-order valence-electron chi connectivity index (χ4n) is 2.83. The Morgan fingerprint density at radius 3 is 2.35 bits per heavy atom. The summed E-state index contributed by atoms with van der Waals surface area (Å²) in [6.07, 6.45) is 8.26. The molecule has 20 heavy (non-hydrogen) atoms. The van der Waals surface area contributed by atoms with Crippen molar-refractivity contribution in [2.45, 2.75) is 45.4 Å². The Balaban J connectivity index is 1.82. The average molecular weight is 274 g/mol. The van der Waals surface area contributed by atoms with E-state index in [4.69, 9.17) is 0 Å². The van der Waals surface area contributed by atoms with Gasteiger partial charge in [-0.05, 0) is 49.9 Å². The van der Waals surface area contributed by atoms with Crippen molar-refractivity contribution in [3.63, 3.8) is 0 Å². The Labute approximate surface area is 122 Å². The van der Waals surface area contributed by atoms with Crippen molar-refractivity contribution >= 4 is 11.6 Å². The van der Waals surface area contributed by atoms with Gasteiger partial charge in [-0.3, -0.25) is 4.79 Å². The Morgan fingerprint density at radius 1 is 1.10 bits per heavy atom. The normalized spacial score (nSPS) is 16.4. The molecule has 0 aliphatic heterocycles. The SMILES string of the molecule is CCNC(=O)c1ccc(NCC2CCCCCC2)cc1. The summed E-state index contributed by atoms with van der Waals surface area (Å²) < 4.78 is 0. The Hall–Kier alpha value is -1.51. The molecule has 1 aliphatic rings. The molecule has 0 spiro atoms. The molecule has 1 aliphatic carbocycles. The maximum atomic E-state index is 11.7. The number of hydrogen-bond donors (Lipinski definition) is 2. The van der Waals surface area contributed by atoms with Gasteiger partial charge in [-0.15, -0.1) is 0 Å². The number of rotatable bonds is 5. The quantitative estimate of drug-likeness (QED) is 0.801. The van der Waals surface area contributed by atoms with Crippen molar-refractivity contribution < 1.29 is 4.79 Å². The van der Waals surface area contributed by atoms with Crippen LogP contribution in [0.25, 0.3) is 0 Å². The van der Waals surface area contributed by atoms with Gasteiger partial charge in [-0.1, -0.05) is 25.7 Å². The van der Waals surface area contributed by atoms with Crippen LogP contribution in [0.3, 0.4) is 0 Å². The smallest absolute Gasteiger partial charge is 0.251 e. The first-order valence-corrected chi connectivity index (χ1v) is 7.91. The molecule has 3 heteroatoms. The van der Waals surface area contributed by atoms with Crippen LogP contribution in [0.5, 0.6) is 0 Å². The average Bonchev–Trinajstić information content (AvgIpc) is 2.74. The number of carbonyl (C=O) groups is 1. The van der Waals surface area contributed by atoms with E-state index in [9.17, 15) is 4.79 Å².